The van der Waals surface area contributed by atoms with Crippen molar-refractivity contribution in [3.8, 4) is 5.75 Å². The molecule has 2 aromatic carbocycles. The van der Waals surface area contributed by atoms with Crippen LogP contribution >= 0.6 is 0 Å². The van der Waals surface area contributed by atoms with Gasteiger partial charge in [0.2, 0.25) is 0 Å². The van der Waals surface area contributed by atoms with E-state index in [9.17, 15) is 5.11 Å². The monoisotopic (exact) mass is 335 g/mol. The van der Waals surface area contributed by atoms with Crippen LogP contribution in [0.25, 0.3) is 10.9 Å². The van der Waals surface area contributed by atoms with Gasteiger partial charge < -0.3 is 19.1 Å². The number of hydrogen-bond acceptors (Lipinski definition) is 3. The highest BCUT2D eigenvalue weighted by atomic mass is 16.5. The predicted molar refractivity (Wildman–Crippen MR) is 98.7 cm³/mol. The molecule has 25 heavy (non-hydrogen) atoms. The smallest absolute Gasteiger partial charge is 0.172 e. The minimum absolute atomic E-state index is 0.295. The second kappa shape index (κ2) is 7.31. The molecule has 0 saturated heterocycles. The summed E-state index contributed by atoms with van der Waals surface area (Å²) in [5, 5.41) is 11.8. The van der Waals surface area contributed by atoms with Crippen LogP contribution in [0.4, 0.5) is 0 Å². The summed E-state index contributed by atoms with van der Waals surface area (Å²) in [6.45, 7) is 4.22. The lowest BCUT2D eigenvalue weighted by molar-refractivity contribution is 0.124. The molecule has 0 amide bonds. The molecular formula is C21H21NO3. The molecule has 4 nitrogen and oxygen atoms in total. The van der Waals surface area contributed by atoms with E-state index in [1.54, 1.807) is 7.11 Å². The van der Waals surface area contributed by atoms with Crippen molar-refractivity contribution in [1.82, 2.24) is 4.57 Å². The van der Waals surface area contributed by atoms with Crippen LogP contribution in [-0.2, 0) is 11.3 Å². The van der Waals surface area contributed by atoms with E-state index in [0.29, 0.717) is 12.3 Å². The average molecular weight is 335 g/mol. The van der Waals surface area contributed by atoms with E-state index >= 15 is 0 Å². The number of nitrogens with zero attached hydrogens (tertiary/aromatic N) is 1. The Morgan fingerprint density at radius 3 is 2.56 bits per heavy atom. The van der Waals surface area contributed by atoms with Crippen LogP contribution < -0.4 is 4.74 Å². The van der Waals surface area contributed by atoms with Gasteiger partial charge in [0.1, 0.15) is 5.75 Å². The van der Waals surface area contributed by atoms with Crippen molar-refractivity contribution < 1.29 is 14.6 Å². The van der Waals surface area contributed by atoms with Crippen LogP contribution in [0.3, 0.4) is 0 Å². The molecule has 0 saturated carbocycles. The summed E-state index contributed by atoms with van der Waals surface area (Å²) in [5.41, 5.74) is 5.51. The first-order chi connectivity index (χ1) is 12.2. The zero-order valence-corrected chi connectivity index (χ0v) is 14.4. The van der Waals surface area contributed by atoms with Crippen molar-refractivity contribution in [2.75, 3.05) is 14.2 Å². The van der Waals surface area contributed by atoms with Crippen molar-refractivity contribution >= 4 is 10.9 Å². The van der Waals surface area contributed by atoms with E-state index in [1.807, 2.05) is 42.5 Å². The fourth-order valence-corrected chi connectivity index (χ4v) is 2.97. The molecule has 3 rings (SSSR count). The number of aliphatic hydroxyl groups excluding tert-OH is 1. The molecule has 0 spiro atoms. The number of aliphatic hydroxyl groups is 1. The molecule has 1 unspecified atom stereocenters. The molecule has 4 heteroatoms. The lowest BCUT2D eigenvalue weighted by Crippen LogP contribution is -2.11. The molecule has 0 fully saturated rings. The van der Waals surface area contributed by atoms with Crippen molar-refractivity contribution in [2.45, 2.75) is 12.6 Å². The Hall–Kier alpha value is -2.94. The van der Waals surface area contributed by atoms with Gasteiger partial charge in [-0.05, 0) is 23.8 Å². The van der Waals surface area contributed by atoms with Crippen molar-refractivity contribution in [3.63, 3.8) is 0 Å². The third-order valence-corrected chi connectivity index (χ3v) is 4.25. The largest absolute Gasteiger partial charge is 0.497 e. The summed E-state index contributed by atoms with van der Waals surface area (Å²) >= 11 is 0. The molecule has 0 bridgehead atoms. The first-order valence-electron chi connectivity index (χ1n) is 8.01. The standard InChI is InChI=1S/C21H21NO3/c1-4-20(25-3)21(23)19-12-16-10-11-17(24-2)13-18(16)22(19)14-15-8-6-5-7-9-15/h5-13,21,23H,1,14H2,2-3H3. The van der Waals surface area contributed by atoms with Gasteiger partial charge in [-0.15, -0.1) is 0 Å². The molecule has 1 N–H and O–H groups in total. The van der Waals surface area contributed by atoms with Crippen LogP contribution in [0.5, 0.6) is 5.75 Å². The maximum atomic E-state index is 10.8. The number of fused-ring (bicyclic) bond motifs is 1. The van der Waals surface area contributed by atoms with Gasteiger partial charge in [-0.2, -0.15) is 0 Å². The van der Waals surface area contributed by atoms with Gasteiger partial charge >= 0.3 is 0 Å². The molecule has 128 valence electrons. The SMILES string of the molecule is C=C=C(OC)C(O)c1cc2ccc(OC)cc2n1Cc1ccccc1. The number of benzene rings is 2. The van der Waals surface area contributed by atoms with E-state index < -0.39 is 6.10 Å². The quantitative estimate of drug-likeness (QED) is 0.546. The maximum absolute atomic E-state index is 10.8. The molecule has 0 aliphatic carbocycles. The third-order valence-electron chi connectivity index (χ3n) is 4.25. The van der Waals surface area contributed by atoms with Gasteiger partial charge in [0.15, 0.2) is 11.9 Å². The zero-order chi connectivity index (χ0) is 17.8. The second-order valence-corrected chi connectivity index (χ2v) is 5.71. The highest BCUT2D eigenvalue weighted by Gasteiger charge is 2.21. The topological polar surface area (TPSA) is 43.6 Å². The number of hydrogen-bond donors (Lipinski definition) is 1. The minimum atomic E-state index is -0.940. The summed E-state index contributed by atoms with van der Waals surface area (Å²) in [6, 6.07) is 17.9. The Morgan fingerprint density at radius 2 is 1.92 bits per heavy atom. The van der Waals surface area contributed by atoms with Gasteiger partial charge in [-0.3, -0.25) is 0 Å². The first kappa shape index (κ1) is 16.9. The number of methoxy groups -OCH3 is 2. The Bertz CT molecular complexity index is 921. The fourth-order valence-electron chi connectivity index (χ4n) is 2.97. The van der Waals surface area contributed by atoms with Crippen molar-refractivity contribution in [1.29, 1.82) is 0 Å². The molecule has 1 aromatic heterocycles. The molecular weight excluding hydrogens is 314 g/mol. The Balaban J connectivity index is 2.17. The fraction of sp³-hybridized carbons (Fsp3) is 0.190. The Morgan fingerprint density at radius 1 is 1.16 bits per heavy atom. The summed E-state index contributed by atoms with van der Waals surface area (Å²) < 4.78 is 12.6. The molecule has 1 atom stereocenters. The van der Waals surface area contributed by atoms with E-state index in [1.165, 1.54) is 7.11 Å². The van der Waals surface area contributed by atoms with Crippen molar-refractivity contribution in [3.05, 3.63) is 83.9 Å². The minimum Gasteiger partial charge on any atom is -0.497 e. The van der Waals surface area contributed by atoms with Crippen LogP contribution in [0.2, 0.25) is 0 Å². The lowest BCUT2D eigenvalue weighted by atomic mass is 10.2. The summed E-state index contributed by atoms with van der Waals surface area (Å²) in [5.74, 6) is 1.07. The molecule has 0 aliphatic heterocycles. The molecule has 1 heterocycles. The number of aromatic nitrogens is 1. The highest BCUT2D eigenvalue weighted by molar-refractivity contribution is 5.83. The van der Waals surface area contributed by atoms with E-state index in [0.717, 1.165) is 27.9 Å². The summed E-state index contributed by atoms with van der Waals surface area (Å²) in [6.07, 6.45) is -0.940. The van der Waals surface area contributed by atoms with Crippen LogP contribution in [-0.4, -0.2) is 23.9 Å². The van der Waals surface area contributed by atoms with Gasteiger partial charge in [0, 0.05) is 18.0 Å². The second-order valence-electron chi connectivity index (χ2n) is 5.71. The molecule has 3 aromatic rings. The van der Waals surface area contributed by atoms with E-state index in [-0.39, 0.29) is 0 Å². The normalized spacial score (nSPS) is 11.8. The van der Waals surface area contributed by atoms with Crippen molar-refractivity contribution in [2.24, 2.45) is 0 Å². The Labute approximate surface area is 147 Å². The maximum Gasteiger partial charge on any atom is 0.172 e. The summed E-state index contributed by atoms with van der Waals surface area (Å²) in [7, 11) is 3.15. The Kier molecular flexibility index (Phi) is 4.94. The van der Waals surface area contributed by atoms with Gasteiger partial charge in [0.25, 0.3) is 0 Å². The van der Waals surface area contributed by atoms with Crippen LogP contribution in [0, 0.1) is 0 Å². The van der Waals surface area contributed by atoms with Gasteiger partial charge in [-0.25, -0.2) is 0 Å². The third kappa shape index (κ3) is 3.31. The predicted octanol–water partition coefficient (Wildman–Crippen LogP) is 4.05. The molecule has 0 radical (unpaired) electrons. The van der Waals surface area contributed by atoms with Crippen LogP contribution in [0.1, 0.15) is 17.4 Å². The average Bonchev–Trinajstić information content (AvgIpc) is 3.01. The molecule has 0 aliphatic rings. The van der Waals surface area contributed by atoms with E-state index in [2.05, 4.69) is 29.0 Å². The lowest BCUT2D eigenvalue weighted by Gasteiger charge is -2.16. The van der Waals surface area contributed by atoms with Crippen LogP contribution in [0.15, 0.2) is 72.7 Å². The first-order valence-corrected chi connectivity index (χ1v) is 8.01. The number of ether oxygens (including phenoxy) is 2. The number of rotatable bonds is 6. The van der Waals surface area contributed by atoms with Gasteiger partial charge in [-0.1, -0.05) is 42.6 Å². The highest BCUT2D eigenvalue weighted by Crippen LogP contribution is 2.31. The zero-order valence-electron chi connectivity index (χ0n) is 14.4. The van der Waals surface area contributed by atoms with Gasteiger partial charge in [0.05, 0.1) is 25.4 Å². The summed E-state index contributed by atoms with van der Waals surface area (Å²) in [4.78, 5) is 0. The van der Waals surface area contributed by atoms with E-state index in [4.69, 9.17) is 9.47 Å².